The highest BCUT2D eigenvalue weighted by molar-refractivity contribution is 6.32. The second-order valence-corrected chi connectivity index (χ2v) is 5.97. The van der Waals surface area contributed by atoms with Crippen LogP contribution < -0.4 is 4.90 Å². The number of aryl methyl sites for hydroxylation is 1. The minimum Gasteiger partial charge on any atom is -0.356 e. The van der Waals surface area contributed by atoms with E-state index in [2.05, 4.69) is 33.9 Å². The Morgan fingerprint density at radius 2 is 2.00 bits per heavy atom. The highest BCUT2D eigenvalue weighted by Crippen LogP contribution is 2.27. The molecule has 0 spiro atoms. The van der Waals surface area contributed by atoms with Crippen molar-refractivity contribution in [3.05, 3.63) is 16.5 Å². The first-order valence-electron chi connectivity index (χ1n) is 6.90. The summed E-state index contributed by atoms with van der Waals surface area (Å²) in [5, 5.41) is 0.248. The van der Waals surface area contributed by atoms with E-state index in [1.165, 1.54) is 0 Å². The maximum Gasteiger partial charge on any atom is 0.156 e. The van der Waals surface area contributed by atoms with Crippen LogP contribution in [0.3, 0.4) is 0 Å². The lowest BCUT2D eigenvalue weighted by atomic mass is 9.96. The number of nitrogens with zero attached hydrogens (tertiary/aromatic N) is 4. The van der Waals surface area contributed by atoms with E-state index in [-0.39, 0.29) is 5.15 Å². The smallest absolute Gasteiger partial charge is 0.156 e. The monoisotopic (exact) mass is 296 g/mol. The van der Waals surface area contributed by atoms with Gasteiger partial charge in [0.15, 0.2) is 6.29 Å². The van der Waals surface area contributed by atoms with E-state index in [0.717, 1.165) is 38.8 Å². The van der Waals surface area contributed by atoms with Crippen molar-refractivity contribution in [2.45, 2.75) is 19.8 Å². The van der Waals surface area contributed by atoms with E-state index >= 15 is 0 Å². The van der Waals surface area contributed by atoms with Crippen molar-refractivity contribution >= 4 is 23.7 Å². The van der Waals surface area contributed by atoms with E-state index in [1.54, 1.807) is 6.92 Å². The number of anilines is 1. The third-order valence-electron chi connectivity index (χ3n) is 3.65. The first-order chi connectivity index (χ1) is 9.51. The lowest BCUT2D eigenvalue weighted by Crippen LogP contribution is -2.38. The Kier molecular flexibility index (Phi) is 4.94. The third kappa shape index (κ3) is 3.46. The van der Waals surface area contributed by atoms with Crippen LogP contribution in [0.2, 0.25) is 5.15 Å². The molecule has 0 atom stereocenters. The number of carbonyl (C=O) groups is 1. The molecule has 1 aromatic heterocycles. The second kappa shape index (κ2) is 6.50. The maximum atomic E-state index is 11.2. The van der Waals surface area contributed by atoms with Crippen LogP contribution in [0.4, 0.5) is 5.82 Å². The van der Waals surface area contributed by atoms with E-state index in [0.29, 0.717) is 23.1 Å². The SMILES string of the molecule is Cc1nc(Cl)c(C=O)c(N2CCC(CN(C)C)CC2)n1. The van der Waals surface area contributed by atoms with Crippen LogP contribution in [0.5, 0.6) is 0 Å². The van der Waals surface area contributed by atoms with Crippen LogP contribution in [0.15, 0.2) is 0 Å². The number of carbonyl (C=O) groups excluding carboxylic acids is 1. The zero-order chi connectivity index (χ0) is 14.7. The Labute approximate surface area is 124 Å². The van der Waals surface area contributed by atoms with Crippen molar-refractivity contribution in [3.63, 3.8) is 0 Å². The molecule has 6 heteroatoms. The van der Waals surface area contributed by atoms with E-state index < -0.39 is 0 Å². The molecular weight excluding hydrogens is 276 g/mol. The molecule has 1 aliphatic rings. The third-order valence-corrected chi connectivity index (χ3v) is 3.93. The van der Waals surface area contributed by atoms with Crippen molar-refractivity contribution in [1.82, 2.24) is 14.9 Å². The van der Waals surface area contributed by atoms with Gasteiger partial charge < -0.3 is 9.80 Å². The fraction of sp³-hybridized carbons (Fsp3) is 0.643. The van der Waals surface area contributed by atoms with Gasteiger partial charge >= 0.3 is 0 Å². The van der Waals surface area contributed by atoms with Crippen molar-refractivity contribution in [3.8, 4) is 0 Å². The molecule has 1 aliphatic heterocycles. The Balaban J connectivity index is 2.12. The van der Waals surface area contributed by atoms with Crippen LogP contribution in [0.25, 0.3) is 0 Å². The molecule has 0 aromatic carbocycles. The standard InChI is InChI=1S/C14H21ClN4O/c1-10-16-13(15)12(9-20)14(17-10)19-6-4-11(5-7-19)8-18(2)3/h9,11H,4-8H2,1-3H3. The fourth-order valence-corrected chi connectivity index (χ4v) is 2.97. The van der Waals surface area contributed by atoms with Gasteiger partial charge in [0.25, 0.3) is 0 Å². The molecule has 0 saturated carbocycles. The van der Waals surface area contributed by atoms with Gasteiger partial charge in [0.05, 0.1) is 5.56 Å². The highest BCUT2D eigenvalue weighted by Gasteiger charge is 2.24. The maximum absolute atomic E-state index is 11.2. The summed E-state index contributed by atoms with van der Waals surface area (Å²) < 4.78 is 0. The first kappa shape index (κ1) is 15.2. The lowest BCUT2D eigenvalue weighted by Gasteiger charge is -2.34. The zero-order valence-corrected chi connectivity index (χ0v) is 13.0. The quantitative estimate of drug-likeness (QED) is 0.628. The zero-order valence-electron chi connectivity index (χ0n) is 12.3. The number of piperidine rings is 1. The molecule has 5 nitrogen and oxygen atoms in total. The lowest BCUT2D eigenvalue weighted by molar-refractivity contribution is 0.112. The van der Waals surface area contributed by atoms with Gasteiger partial charge in [0, 0.05) is 19.6 Å². The summed E-state index contributed by atoms with van der Waals surface area (Å²) in [6.07, 6.45) is 2.97. The first-order valence-corrected chi connectivity index (χ1v) is 7.28. The van der Waals surface area contributed by atoms with Gasteiger partial charge in [0.2, 0.25) is 0 Å². The number of hydrogen-bond acceptors (Lipinski definition) is 5. The van der Waals surface area contributed by atoms with Crippen LogP contribution in [0, 0.1) is 12.8 Å². The minimum atomic E-state index is 0.248. The summed E-state index contributed by atoms with van der Waals surface area (Å²) in [5.41, 5.74) is 0.406. The van der Waals surface area contributed by atoms with Crippen LogP contribution >= 0.6 is 11.6 Å². The molecule has 0 radical (unpaired) electrons. The molecule has 0 aliphatic carbocycles. The Morgan fingerprint density at radius 3 is 2.55 bits per heavy atom. The summed E-state index contributed by atoms with van der Waals surface area (Å²) in [6, 6.07) is 0. The van der Waals surface area contributed by atoms with Crippen molar-refractivity contribution in [2.24, 2.45) is 5.92 Å². The van der Waals surface area contributed by atoms with Crippen molar-refractivity contribution in [1.29, 1.82) is 0 Å². The molecule has 0 N–H and O–H groups in total. The van der Waals surface area contributed by atoms with Crippen LogP contribution in [-0.4, -0.2) is 54.9 Å². The molecule has 1 saturated heterocycles. The number of aromatic nitrogens is 2. The van der Waals surface area contributed by atoms with Gasteiger partial charge in [-0.05, 0) is 39.8 Å². The van der Waals surface area contributed by atoms with Gasteiger partial charge in [-0.3, -0.25) is 4.79 Å². The summed E-state index contributed by atoms with van der Waals surface area (Å²) in [4.78, 5) is 24.0. The average molecular weight is 297 g/mol. The van der Waals surface area contributed by atoms with Crippen molar-refractivity contribution in [2.75, 3.05) is 38.6 Å². The minimum absolute atomic E-state index is 0.248. The molecule has 110 valence electrons. The molecular formula is C14H21ClN4O. The van der Waals surface area contributed by atoms with Gasteiger partial charge in [-0.1, -0.05) is 11.6 Å². The van der Waals surface area contributed by atoms with Gasteiger partial charge in [-0.25, -0.2) is 9.97 Å². The molecule has 0 amide bonds. The number of rotatable bonds is 4. The van der Waals surface area contributed by atoms with E-state index in [4.69, 9.17) is 11.6 Å². The van der Waals surface area contributed by atoms with E-state index in [1.807, 2.05) is 0 Å². The van der Waals surface area contributed by atoms with Gasteiger partial charge in [-0.15, -0.1) is 0 Å². The second-order valence-electron chi connectivity index (χ2n) is 5.61. The van der Waals surface area contributed by atoms with Crippen LogP contribution in [0.1, 0.15) is 29.0 Å². The Morgan fingerprint density at radius 1 is 1.35 bits per heavy atom. The molecule has 2 rings (SSSR count). The molecule has 0 unspecified atom stereocenters. The fourth-order valence-electron chi connectivity index (χ4n) is 2.72. The summed E-state index contributed by atoms with van der Waals surface area (Å²) in [7, 11) is 4.20. The Hall–Kier alpha value is -1.20. The van der Waals surface area contributed by atoms with Gasteiger partial charge in [0.1, 0.15) is 16.8 Å². The average Bonchev–Trinajstić information content (AvgIpc) is 2.38. The molecule has 0 bridgehead atoms. The number of hydrogen-bond donors (Lipinski definition) is 0. The van der Waals surface area contributed by atoms with Crippen molar-refractivity contribution < 1.29 is 4.79 Å². The van der Waals surface area contributed by atoms with E-state index in [9.17, 15) is 4.79 Å². The molecule has 20 heavy (non-hydrogen) atoms. The van der Waals surface area contributed by atoms with Crippen LogP contribution in [-0.2, 0) is 0 Å². The summed E-state index contributed by atoms with van der Waals surface area (Å²) in [5.74, 6) is 1.99. The predicted octanol–water partition coefficient (Wildman–Crippen LogP) is 2.03. The normalized spacial score (nSPS) is 16.8. The number of aldehydes is 1. The predicted molar refractivity (Wildman–Crippen MR) is 80.7 cm³/mol. The van der Waals surface area contributed by atoms with Gasteiger partial charge in [-0.2, -0.15) is 0 Å². The Bertz CT molecular complexity index is 484. The molecule has 1 fully saturated rings. The topological polar surface area (TPSA) is 49.3 Å². The number of halogens is 1. The molecule has 2 heterocycles. The highest BCUT2D eigenvalue weighted by atomic mass is 35.5. The largest absolute Gasteiger partial charge is 0.356 e. The summed E-state index contributed by atoms with van der Waals surface area (Å²) in [6.45, 7) is 4.72. The summed E-state index contributed by atoms with van der Waals surface area (Å²) >= 11 is 6.04. The molecule has 1 aromatic rings.